The Balaban J connectivity index is 1.50. The molecule has 37 heavy (non-hydrogen) atoms. The minimum Gasteiger partial charge on any atom is -0.489 e. The Bertz CT molecular complexity index is 1200. The van der Waals surface area contributed by atoms with Gasteiger partial charge in [-0.25, -0.2) is 0 Å². The molecule has 1 aliphatic heterocycles. The van der Waals surface area contributed by atoms with Crippen molar-refractivity contribution in [3.63, 3.8) is 0 Å². The number of hydrogen-bond acceptors (Lipinski definition) is 5. The van der Waals surface area contributed by atoms with Crippen molar-refractivity contribution in [2.45, 2.75) is 58.7 Å². The van der Waals surface area contributed by atoms with Crippen LogP contribution in [0, 0.1) is 5.41 Å². The predicted molar refractivity (Wildman–Crippen MR) is 140 cm³/mol. The summed E-state index contributed by atoms with van der Waals surface area (Å²) in [6.45, 7) is 9.66. The van der Waals surface area contributed by atoms with Gasteiger partial charge in [0.2, 0.25) is 5.95 Å². The van der Waals surface area contributed by atoms with E-state index in [2.05, 4.69) is 40.9 Å². The third-order valence-corrected chi connectivity index (χ3v) is 6.76. The van der Waals surface area contributed by atoms with Crippen LogP contribution in [-0.4, -0.2) is 45.8 Å². The zero-order valence-electron chi connectivity index (χ0n) is 21.3. The highest BCUT2D eigenvalue weighted by molar-refractivity contribution is 6.33. The van der Waals surface area contributed by atoms with E-state index >= 15 is 0 Å². The molecule has 0 saturated carbocycles. The molecule has 10 heteroatoms. The lowest BCUT2D eigenvalue weighted by Crippen LogP contribution is -2.42. The van der Waals surface area contributed by atoms with Crippen LogP contribution < -0.4 is 10.5 Å². The molecule has 0 spiro atoms. The molecule has 1 saturated heterocycles. The zero-order valence-corrected chi connectivity index (χ0v) is 22.1. The Morgan fingerprint density at radius 1 is 1.16 bits per heavy atom. The number of aromatic nitrogens is 3. The number of alkyl halides is 3. The van der Waals surface area contributed by atoms with Gasteiger partial charge < -0.3 is 10.5 Å². The number of likely N-dealkylation sites (tertiary alicyclic amines) is 1. The smallest absolute Gasteiger partial charge is 0.417 e. The molecular formula is C27H33ClF3N5O. The summed E-state index contributed by atoms with van der Waals surface area (Å²) >= 11 is 6.41. The maximum Gasteiger partial charge on any atom is 0.417 e. The number of H-pyrrole nitrogens is 1. The average Bonchev–Trinajstić information content (AvgIpc) is 3.22. The number of ether oxygens (including phenoxy) is 1. The topological polar surface area (TPSA) is 80.1 Å². The number of hydrogen-bond donors (Lipinski definition) is 2. The Labute approximate surface area is 220 Å². The van der Waals surface area contributed by atoms with Gasteiger partial charge in [0.15, 0.2) is 0 Å². The van der Waals surface area contributed by atoms with Crippen molar-refractivity contribution < 1.29 is 17.9 Å². The van der Waals surface area contributed by atoms with E-state index in [-0.39, 0.29) is 34.5 Å². The molecule has 1 aliphatic rings. The second-order valence-corrected chi connectivity index (χ2v) is 11.2. The Hall–Kier alpha value is -2.78. The summed E-state index contributed by atoms with van der Waals surface area (Å²) in [4.78, 5) is 6.39. The number of piperidine rings is 1. The Morgan fingerprint density at radius 2 is 1.89 bits per heavy atom. The zero-order chi connectivity index (χ0) is 26.8. The fraction of sp³-hybridized carbons (Fsp3) is 0.481. The average molecular weight is 536 g/mol. The first-order chi connectivity index (χ1) is 17.4. The first-order valence-electron chi connectivity index (χ1n) is 12.4. The fourth-order valence-electron chi connectivity index (χ4n) is 4.56. The molecule has 200 valence electrons. The normalized spacial score (nSPS) is 17.2. The van der Waals surface area contributed by atoms with Gasteiger partial charge in [0.05, 0.1) is 5.56 Å². The highest BCUT2D eigenvalue weighted by Gasteiger charge is 2.35. The maximum absolute atomic E-state index is 14.1. The molecule has 0 bridgehead atoms. The fourth-order valence-corrected chi connectivity index (χ4v) is 4.91. The van der Waals surface area contributed by atoms with E-state index in [0.29, 0.717) is 22.7 Å². The van der Waals surface area contributed by atoms with E-state index in [1.165, 1.54) is 6.07 Å². The molecule has 1 unspecified atom stereocenters. The van der Waals surface area contributed by atoms with Crippen molar-refractivity contribution in [2.75, 3.05) is 25.4 Å². The number of aromatic amines is 1. The number of nitrogens with two attached hydrogens (primary N) is 1. The molecule has 3 aromatic rings. The SMILES string of the molecule is CC(C)(C)CCN1CCCC(Oc2ccc(-c3c(Cl)cc(Cc4nc(N)n[nH]4)cc3C(F)(F)F)cc2)C1. The third kappa shape index (κ3) is 7.38. The summed E-state index contributed by atoms with van der Waals surface area (Å²) in [7, 11) is 0. The van der Waals surface area contributed by atoms with Crippen LogP contribution in [0.25, 0.3) is 11.1 Å². The monoisotopic (exact) mass is 535 g/mol. The maximum atomic E-state index is 14.1. The number of nitrogen functional groups attached to an aromatic ring is 1. The quantitative estimate of drug-likeness (QED) is 0.356. The van der Waals surface area contributed by atoms with Crippen LogP contribution in [0.3, 0.4) is 0 Å². The van der Waals surface area contributed by atoms with E-state index < -0.39 is 11.7 Å². The van der Waals surface area contributed by atoms with Crippen LogP contribution >= 0.6 is 11.6 Å². The van der Waals surface area contributed by atoms with Gasteiger partial charge in [-0.3, -0.25) is 10.00 Å². The Kier molecular flexibility index (Phi) is 8.04. The number of halogens is 4. The van der Waals surface area contributed by atoms with Crippen molar-refractivity contribution in [3.05, 3.63) is 58.4 Å². The Morgan fingerprint density at radius 3 is 2.51 bits per heavy atom. The number of nitrogens with zero attached hydrogens (tertiary/aromatic N) is 3. The second-order valence-electron chi connectivity index (χ2n) is 10.8. The molecule has 0 amide bonds. The lowest BCUT2D eigenvalue weighted by molar-refractivity contribution is -0.137. The van der Waals surface area contributed by atoms with Gasteiger partial charge in [-0.05, 0) is 73.2 Å². The largest absolute Gasteiger partial charge is 0.489 e. The number of anilines is 1. The van der Waals surface area contributed by atoms with Gasteiger partial charge in [0.25, 0.3) is 0 Å². The minimum absolute atomic E-state index is 0.00718. The van der Waals surface area contributed by atoms with Crippen LogP contribution in [-0.2, 0) is 12.6 Å². The van der Waals surface area contributed by atoms with Gasteiger partial charge in [-0.1, -0.05) is 44.5 Å². The number of benzene rings is 2. The van der Waals surface area contributed by atoms with Crippen molar-refractivity contribution >= 4 is 17.5 Å². The molecule has 1 atom stereocenters. The summed E-state index contributed by atoms with van der Waals surface area (Å²) in [5.74, 6) is 1.02. The lowest BCUT2D eigenvalue weighted by atomic mass is 9.91. The first kappa shape index (κ1) is 27.3. The summed E-state index contributed by atoms with van der Waals surface area (Å²) in [5.41, 5.74) is 5.63. The van der Waals surface area contributed by atoms with Crippen molar-refractivity contribution in [3.8, 4) is 16.9 Å². The summed E-state index contributed by atoms with van der Waals surface area (Å²) in [6.07, 6.45) is -1.32. The van der Waals surface area contributed by atoms with E-state index in [1.807, 2.05) is 0 Å². The number of rotatable bonds is 7. The third-order valence-electron chi connectivity index (χ3n) is 6.46. The first-order valence-corrected chi connectivity index (χ1v) is 12.8. The van der Waals surface area contributed by atoms with E-state index in [1.54, 1.807) is 24.3 Å². The van der Waals surface area contributed by atoms with Crippen LogP contribution in [0.2, 0.25) is 5.02 Å². The molecule has 2 aromatic carbocycles. The summed E-state index contributed by atoms with van der Waals surface area (Å²) in [6, 6.07) is 9.30. The van der Waals surface area contributed by atoms with E-state index in [4.69, 9.17) is 22.1 Å². The van der Waals surface area contributed by atoms with Crippen LogP contribution in [0.4, 0.5) is 19.1 Å². The highest BCUT2D eigenvalue weighted by Crippen LogP contribution is 2.42. The standard InChI is InChI=1S/C27H33ClF3N5O/c1-26(2,3)10-12-36-11-4-5-20(16-36)37-19-8-6-18(7-9-19)24-21(27(29,30)31)13-17(14-22(24)28)15-23-33-25(32)35-34-23/h6-9,13-14,20H,4-5,10-12,15-16H2,1-3H3,(H3,32,33,34,35). The summed E-state index contributed by atoms with van der Waals surface area (Å²) < 4.78 is 48.4. The van der Waals surface area contributed by atoms with Crippen LogP contribution in [0.15, 0.2) is 36.4 Å². The molecule has 3 N–H and O–H groups in total. The van der Waals surface area contributed by atoms with Crippen LogP contribution in [0.1, 0.15) is 57.0 Å². The van der Waals surface area contributed by atoms with Gasteiger partial charge in [-0.15, -0.1) is 5.10 Å². The second kappa shape index (κ2) is 10.9. The predicted octanol–water partition coefficient (Wildman–Crippen LogP) is 6.60. The van der Waals surface area contributed by atoms with Crippen molar-refractivity contribution in [1.29, 1.82) is 0 Å². The van der Waals surface area contributed by atoms with E-state index in [0.717, 1.165) is 45.0 Å². The molecule has 1 fully saturated rings. The molecule has 0 aliphatic carbocycles. The van der Waals surface area contributed by atoms with Gasteiger partial charge >= 0.3 is 6.18 Å². The van der Waals surface area contributed by atoms with Gasteiger partial charge in [0, 0.05) is 23.6 Å². The lowest BCUT2D eigenvalue weighted by Gasteiger charge is -2.34. The van der Waals surface area contributed by atoms with Crippen LogP contribution in [0.5, 0.6) is 5.75 Å². The van der Waals surface area contributed by atoms with Gasteiger partial charge in [0.1, 0.15) is 17.7 Å². The molecular weight excluding hydrogens is 503 g/mol. The molecule has 4 rings (SSSR count). The minimum atomic E-state index is -4.59. The highest BCUT2D eigenvalue weighted by atomic mass is 35.5. The summed E-state index contributed by atoms with van der Waals surface area (Å²) in [5, 5.41) is 6.33. The van der Waals surface area contributed by atoms with Gasteiger partial charge in [-0.2, -0.15) is 18.2 Å². The number of nitrogens with one attached hydrogen (secondary N) is 1. The van der Waals surface area contributed by atoms with E-state index in [9.17, 15) is 13.2 Å². The molecule has 1 aromatic heterocycles. The molecule has 6 nitrogen and oxygen atoms in total. The van der Waals surface area contributed by atoms with Crippen molar-refractivity contribution in [1.82, 2.24) is 20.1 Å². The van der Waals surface area contributed by atoms with Crippen molar-refractivity contribution in [2.24, 2.45) is 5.41 Å². The molecule has 2 heterocycles. The molecule has 0 radical (unpaired) electrons.